The first kappa shape index (κ1) is 10.7. The fraction of sp³-hybridized carbons (Fsp3) is 0.417. The third-order valence-electron chi connectivity index (χ3n) is 3.23. The number of benzene rings is 1. The summed E-state index contributed by atoms with van der Waals surface area (Å²) in [5, 5.41) is 4.69. The summed E-state index contributed by atoms with van der Waals surface area (Å²) in [6.07, 6.45) is 1.19. The molecule has 1 fully saturated rings. The van der Waals surface area contributed by atoms with Gasteiger partial charge in [0.15, 0.2) is 0 Å². The molecule has 1 unspecified atom stereocenters. The highest BCUT2D eigenvalue weighted by Crippen LogP contribution is 2.36. The van der Waals surface area contributed by atoms with Crippen molar-refractivity contribution in [3.05, 3.63) is 27.7 Å². The fourth-order valence-electron chi connectivity index (χ4n) is 2.16. The smallest absolute Gasteiger partial charge is 0.101 e. The van der Waals surface area contributed by atoms with E-state index >= 15 is 0 Å². The van der Waals surface area contributed by atoms with E-state index in [1.807, 2.05) is 11.3 Å². The molecular formula is C12H13BrN2S. The standard InChI is InChI=1S/C12H13BrN2S/c1-12(4-5-14-7-12)11-15-9-6-8(13)2-3-10(9)16-11/h2-3,6,14H,4-5,7H2,1H3. The first-order valence-electron chi connectivity index (χ1n) is 5.45. The second kappa shape index (κ2) is 3.79. The van der Waals surface area contributed by atoms with E-state index in [0.717, 1.165) is 23.1 Å². The SMILES string of the molecule is CC1(c2nc3cc(Br)ccc3s2)CCNC1. The average Bonchev–Trinajstić information content (AvgIpc) is 2.84. The van der Waals surface area contributed by atoms with Crippen molar-refractivity contribution in [2.75, 3.05) is 13.1 Å². The van der Waals surface area contributed by atoms with Crippen molar-refractivity contribution in [2.24, 2.45) is 0 Å². The molecule has 1 aromatic carbocycles. The molecule has 1 aliphatic heterocycles. The number of nitrogens with zero attached hydrogens (tertiary/aromatic N) is 1. The van der Waals surface area contributed by atoms with Gasteiger partial charge in [-0.25, -0.2) is 4.98 Å². The highest BCUT2D eigenvalue weighted by atomic mass is 79.9. The van der Waals surface area contributed by atoms with Crippen molar-refractivity contribution in [1.82, 2.24) is 10.3 Å². The van der Waals surface area contributed by atoms with Crippen LogP contribution in [0.15, 0.2) is 22.7 Å². The molecule has 0 radical (unpaired) electrons. The Hall–Kier alpha value is -0.450. The van der Waals surface area contributed by atoms with Crippen molar-refractivity contribution in [3.8, 4) is 0 Å². The molecule has 2 nitrogen and oxygen atoms in total. The van der Waals surface area contributed by atoms with E-state index in [0.29, 0.717) is 0 Å². The summed E-state index contributed by atoms with van der Waals surface area (Å²) < 4.78 is 2.39. The highest BCUT2D eigenvalue weighted by molar-refractivity contribution is 9.10. The molecule has 0 aliphatic carbocycles. The number of hydrogen-bond acceptors (Lipinski definition) is 3. The van der Waals surface area contributed by atoms with E-state index < -0.39 is 0 Å². The third-order valence-corrected chi connectivity index (χ3v) is 5.07. The van der Waals surface area contributed by atoms with Crippen LogP contribution in [0.4, 0.5) is 0 Å². The van der Waals surface area contributed by atoms with Crippen LogP contribution in [0, 0.1) is 0 Å². The number of thiazole rings is 1. The highest BCUT2D eigenvalue weighted by Gasteiger charge is 2.33. The van der Waals surface area contributed by atoms with Crippen LogP contribution in [0.5, 0.6) is 0 Å². The van der Waals surface area contributed by atoms with Crippen LogP contribution >= 0.6 is 27.3 Å². The predicted octanol–water partition coefficient (Wildman–Crippen LogP) is 3.31. The molecule has 1 saturated heterocycles. The molecule has 0 spiro atoms. The van der Waals surface area contributed by atoms with Crippen LogP contribution < -0.4 is 5.32 Å². The second-order valence-electron chi connectivity index (χ2n) is 4.62. The molecule has 1 atom stereocenters. The molecule has 3 rings (SSSR count). The maximum absolute atomic E-state index is 4.78. The Morgan fingerprint density at radius 1 is 1.50 bits per heavy atom. The van der Waals surface area contributed by atoms with Crippen LogP contribution in [0.3, 0.4) is 0 Å². The fourth-order valence-corrected chi connectivity index (χ4v) is 3.63. The van der Waals surface area contributed by atoms with Gasteiger partial charge in [-0.2, -0.15) is 0 Å². The van der Waals surface area contributed by atoms with Crippen LogP contribution in [-0.4, -0.2) is 18.1 Å². The summed E-state index contributed by atoms with van der Waals surface area (Å²) in [5.41, 5.74) is 1.35. The van der Waals surface area contributed by atoms with Crippen LogP contribution in [-0.2, 0) is 5.41 Å². The molecule has 0 saturated carbocycles. The third kappa shape index (κ3) is 1.69. The zero-order chi connectivity index (χ0) is 11.2. The van der Waals surface area contributed by atoms with E-state index in [1.165, 1.54) is 16.1 Å². The normalized spacial score (nSPS) is 25.4. The zero-order valence-corrected chi connectivity index (χ0v) is 11.5. The van der Waals surface area contributed by atoms with Gasteiger partial charge in [0.05, 0.1) is 10.2 Å². The Balaban J connectivity index is 2.11. The summed E-state index contributed by atoms with van der Waals surface area (Å²) in [7, 11) is 0. The minimum absolute atomic E-state index is 0.232. The Morgan fingerprint density at radius 2 is 2.38 bits per heavy atom. The largest absolute Gasteiger partial charge is 0.316 e. The Bertz CT molecular complexity index is 529. The van der Waals surface area contributed by atoms with E-state index in [4.69, 9.17) is 4.98 Å². The maximum Gasteiger partial charge on any atom is 0.101 e. The first-order valence-corrected chi connectivity index (χ1v) is 7.06. The van der Waals surface area contributed by atoms with Crippen LogP contribution in [0.1, 0.15) is 18.4 Å². The Morgan fingerprint density at radius 3 is 3.12 bits per heavy atom. The van der Waals surface area contributed by atoms with Crippen molar-refractivity contribution in [3.63, 3.8) is 0 Å². The topological polar surface area (TPSA) is 24.9 Å². The summed E-state index contributed by atoms with van der Waals surface area (Å²) in [4.78, 5) is 4.78. The van der Waals surface area contributed by atoms with Crippen molar-refractivity contribution in [2.45, 2.75) is 18.8 Å². The first-order chi connectivity index (χ1) is 7.67. The quantitative estimate of drug-likeness (QED) is 0.873. The van der Waals surface area contributed by atoms with Gasteiger partial charge in [0.2, 0.25) is 0 Å². The Kier molecular flexibility index (Phi) is 2.53. The minimum atomic E-state index is 0.232. The number of hydrogen-bond donors (Lipinski definition) is 1. The molecule has 1 N–H and O–H groups in total. The molecule has 84 valence electrons. The summed E-state index contributed by atoms with van der Waals surface area (Å²) in [6.45, 7) is 4.46. The molecule has 2 aromatic rings. The minimum Gasteiger partial charge on any atom is -0.316 e. The van der Waals surface area contributed by atoms with Gasteiger partial charge in [-0.3, -0.25) is 0 Å². The van der Waals surface area contributed by atoms with Gasteiger partial charge in [0.1, 0.15) is 5.01 Å². The van der Waals surface area contributed by atoms with Gasteiger partial charge >= 0.3 is 0 Å². The lowest BCUT2D eigenvalue weighted by molar-refractivity contribution is 0.523. The second-order valence-corrected chi connectivity index (χ2v) is 6.56. The molecule has 0 bridgehead atoms. The number of rotatable bonds is 1. The molecule has 1 aromatic heterocycles. The van der Waals surface area contributed by atoms with Gasteiger partial charge in [-0.15, -0.1) is 11.3 Å². The van der Waals surface area contributed by atoms with Gasteiger partial charge in [0, 0.05) is 16.4 Å². The van der Waals surface area contributed by atoms with Gasteiger partial charge in [-0.1, -0.05) is 22.9 Å². The lowest BCUT2D eigenvalue weighted by Crippen LogP contribution is -2.24. The molecule has 0 amide bonds. The van der Waals surface area contributed by atoms with Gasteiger partial charge in [0.25, 0.3) is 0 Å². The zero-order valence-electron chi connectivity index (χ0n) is 9.09. The molecular weight excluding hydrogens is 284 g/mol. The Labute approximate surface area is 107 Å². The maximum atomic E-state index is 4.78. The van der Waals surface area contributed by atoms with E-state index in [2.05, 4.69) is 46.4 Å². The van der Waals surface area contributed by atoms with Crippen molar-refractivity contribution >= 4 is 37.5 Å². The molecule has 2 heterocycles. The summed E-state index contributed by atoms with van der Waals surface area (Å²) >= 11 is 5.32. The van der Waals surface area contributed by atoms with Crippen molar-refractivity contribution in [1.29, 1.82) is 0 Å². The summed E-state index contributed by atoms with van der Waals surface area (Å²) in [5.74, 6) is 0. The lowest BCUT2D eigenvalue weighted by Gasteiger charge is -2.18. The lowest BCUT2D eigenvalue weighted by atomic mass is 9.91. The monoisotopic (exact) mass is 296 g/mol. The van der Waals surface area contributed by atoms with Crippen LogP contribution in [0.25, 0.3) is 10.2 Å². The van der Waals surface area contributed by atoms with E-state index in [1.54, 1.807) is 0 Å². The molecule has 4 heteroatoms. The van der Waals surface area contributed by atoms with E-state index in [9.17, 15) is 0 Å². The number of nitrogens with one attached hydrogen (secondary N) is 1. The number of aromatic nitrogens is 1. The molecule has 1 aliphatic rings. The van der Waals surface area contributed by atoms with Crippen LogP contribution in [0.2, 0.25) is 0 Å². The number of fused-ring (bicyclic) bond motifs is 1. The average molecular weight is 297 g/mol. The predicted molar refractivity (Wildman–Crippen MR) is 72.2 cm³/mol. The van der Waals surface area contributed by atoms with Gasteiger partial charge in [-0.05, 0) is 31.2 Å². The van der Waals surface area contributed by atoms with E-state index in [-0.39, 0.29) is 5.41 Å². The van der Waals surface area contributed by atoms with Crippen molar-refractivity contribution < 1.29 is 0 Å². The van der Waals surface area contributed by atoms with Gasteiger partial charge < -0.3 is 5.32 Å². The number of halogens is 1. The molecule has 16 heavy (non-hydrogen) atoms. The summed E-state index contributed by atoms with van der Waals surface area (Å²) in [6, 6.07) is 6.33.